The number of nitrogens with zero attached hydrogens (tertiary/aromatic N) is 1. The summed E-state index contributed by atoms with van der Waals surface area (Å²) in [6.07, 6.45) is 0.226. The van der Waals surface area contributed by atoms with Gasteiger partial charge in [0.15, 0.2) is 0 Å². The van der Waals surface area contributed by atoms with Gasteiger partial charge in [-0.1, -0.05) is 18.2 Å². The molecule has 134 valence electrons. The van der Waals surface area contributed by atoms with Crippen molar-refractivity contribution < 1.29 is 22.7 Å². The first kappa shape index (κ1) is 18.1. The third-order valence-corrected chi connectivity index (χ3v) is 6.58. The van der Waals surface area contributed by atoms with E-state index in [4.69, 9.17) is 9.47 Å². The molecule has 2 heterocycles. The van der Waals surface area contributed by atoms with E-state index >= 15 is 0 Å². The first-order valence-corrected chi connectivity index (χ1v) is 10.2. The molecule has 1 aromatic heterocycles. The minimum absolute atomic E-state index is 0.0523. The molecule has 0 amide bonds. The number of ether oxygens (including phenoxy) is 2. The summed E-state index contributed by atoms with van der Waals surface area (Å²) < 4.78 is 37.2. The summed E-state index contributed by atoms with van der Waals surface area (Å²) >= 11 is 1.50. The van der Waals surface area contributed by atoms with E-state index in [-0.39, 0.29) is 23.9 Å². The fourth-order valence-corrected chi connectivity index (χ4v) is 4.67. The molecule has 2 aromatic rings. The molecule has 0 bridgehead atoms. The second-order valence-electron chi connectivity index (χ2n) is 5.58. The third kappa shape index (κ3) is 4.66. The van der Waals surface area contributed by atoms with Gasteiger partial charge < -0.3 is 9.47 Å². The lowest BCUT2D eigenvalue weighted by molar-refractivity contribution is -0.144. The zero-order chi connectivity index (χ0) is 17.7. The molecule has 25 heavy (non-hydrogen) atoms. The number of carbonyl (C=O) groups excluding carboxylic acids is 1. The van der Waals surface area contributed by atoms with E-state index < -0.39 is 10.0 Å². The van der Waals surface area contributed by atoms with Crippen LogP contribution in [0.4, 0.5) is 0 Å². The molecule has 1 aliphatic rings. The van der Waals surface area contributed by atoms with Crippen molar-refractivity contribution in [1.82, 2.24) is 4.31 Å². The lowest BCUT2D eigenvalue weighted by Gasteiger charge is -2.26. The van der Waals surface area contributed by atoms with Gasteiger partial charge in [0, 0.05) is 18.0 Å². The van der Waals surface area contributed by atoms with E-state index in [0.29, 0.717) is 31.9 Å². The van der Waals surface area contributed by atoms with Crippen LogP contribution in [0, 0.1) is 0 Å². The second-order valence-corrected chi connectivity index (χ2v) is 8.55. The molecule has 0 N–H and O–H groups in total. The molecule has 3 rings (SSSR count). The third-order valence-electron chi connectivity index (χ3n) is 3.80. The summed E-state index contributed by atoms with van der Waals surface area (Å²) in [4.78, 5) is 13.0. The van der Waals surface area contributed by atoms with Crippen LogP contribution in [-0.2, 0) is 37.3 Å². The molecule has 6 nitrogen and oxygen atoms in total. The minimum Gasteiger partial charge on any atom is -0.461 e. The van der Waals surface area contributed by atoms with Gasteiger partial charge in [0.25, 0.3) is 0 Å². The van der Waals surface area contributed by atoms with E-state index in [0.717, 1.165) is 4.88 Å². The van der Waals surface area contributed by atoms with Crippen molar-refractivity contribution in [2.24, 2.45) is 0 Å². The van der Waals surface area contributed by atoms with E-state index in [9.17, 15) is 13.2 Å². The Kier molecular flexibility index (Phi) is 5.85. The van der Waals surface area contributed by atoms with Gasteiger partial charge >= 0.3 is 5.97 Å². The second kappa shape index (κ2) is 8.09. The summed E-state index contributed by atoms with van der Waals surface area (Å²) in [5.41, 5.74) is 0.647. The van der Waals surface area contributed by atoms with Crippen LogP contribution >= 0.6 is 11.3 Å². The number of hydrogen-bond donors (Lipinski definition) is 0. The first-order chi connectivity index (χ1) is 12.1. The van der Waals surface area contributed by atoms with Gasteiger partial charge in [-0.15, -0.1) is 11.3 Å². The van der Waals surface area contributed by atoms with Crippen molar-refractivity contribution in [2.45, 2.75) is 17.9 Å². The monoisotopic (exact) mass is 381 g/mol. The first-order valence-electron chi connectivity index (χ1n) is 7.90. The molecular formula is C17H19NO5S2. The van der Waals surface area contributed by atoms with Gasteiger partial charge in [-0.25, -0.2) is 8.42 Å². The Balaban J connectivity index is 1.63. The number of esters is 1. The highest BCUT2D eigenvalue weighted by atomic mass is 32.2. The summed E-state index contributed by atoms with van der Waals surface area (Å²) in [5.74, 6) is -0.330. The zero-order valence-electron chi connectivity index (χ0n) is 13.6. The van der Waals surface area contributed by atoms with Gasteiger partial charge in [-0.3, -0.25) is 4.79 Å². The molecule has 1 aliphatic heterocycles. The normalized spacial score (nSPS) is 15.8. The van der Waals surface area contributed by atoms with Crippen LogP contribution < -0.4 is 0 Å². The summed E-state index contributed by atoms with van der Waals surface area (Å²) in [7, 11) is -3.55. The van der Waals surface area contributed by atoms with E-state index in [1.165, 1.54) is 15.6 Å². The predicted molar refractivity (Wildman–Crippen MR) is 93.8 cm³/mol. The molecular weight excluding hydrogens is 362 g/mol. The van der Waals surface area contributed by atoms with Crippen LogP contribution in [0.3, 0.4) is 0 Å². The van der Waals surface area contributed by atoms with Crippen molar-refractivity contribution in [3.05, 3.63) is 52.2 Å². The van der Waals surface area contributed by atoms with E-state index in [2.05, 4.69) is 0 Å². The largest absolute Gasteiger partial charge is 0.461 e. The predicted octanol–water partition coefficient (Wildman–Crippen LogP) is 2.05. The Hall–Kier alpha value is -1.74. The smallest absolute Gasteiger partial charge is 0.311 e. The maximum atomic E-state index is 12.7. The average molecular weight is 381 g/mol. The van der Waals surface area contributed by atoms with Crippen molar-refractivity contribution >= 4 is 27.3 Å². The quantitative estimate of drug-likeness (QED) is 0.716. The topological polar surface area (TPSA) is 72.9 Å². The Labute approximate surface area is 151 Å². The summed E-state index contributed by atoms with van der Waals surface area (Å²) in [5, 5.41) is 1.91. The maximum Gasteiger partial charge on any atom is 0.311 e. The Bertz CT molecular complexity index is 811. The van der Waals surface area contributed by atoms with E-state index in [1.807, 2.05) is 17.5 Å². The Morgan fingerprint density at radius 2 is 2.00 bits per heavy atom. The highest BCUT2D eigenvalue weighted by Crippen LogP contribution is 2.19. The molecule has 0 aliphatic carbocycles. The van der Waals surface area contributed by atoms with Crippen LogP contribution in [0.1, 0.15) is 10.4 Å². The van der Waals surface area contributed by atoms with Gasteiger partial charge in [0.2, 0.25) is 10.0 Å². The lowest BCUT2D eigenvalue weighted by atomic mass is 10.2. The van der Waals surface area contributed by atoms with Crippen LogP contribution in [0.15, 0.2) is 46.7 Å². The van der Waals surface area contributed by atoms with Gasteiger partial charge in [0.05, 0.1) is 24.5 Å². The molecule has 1 aromatic carbocycles. The molecule has 0 radical (unpaired) electrons. The maximum absolute atomic E-state index is 12.7. The molecule has 8 heteroatoms. The number of hydrogen-bond acceptors (Lipinski definition) is 6. The van der Waals surface area contributed by atoms with Crippen LogP contribution in [0.25, 0.3) is 0 Å². The van der Waals surface area contributed by atoms with Crippen molar-refractivity contribution in [3.8, 4) is 0 Å². The number of benzene rings is 1. The number of rotatable bonds is 6. The van der Waals surface area contributed by atoms with Gasteiger partial charge in [-0.2, -0.15) is 4.31 Å². The highest BCUT2D eigenvalue weighted by Gasteiger charge is 2.26. The Morgan fingerprint density at radius 1 is 1.20 bits per heavy atom. The molecule has 0 atom stereocenters. The number of carbonyl (C=O) groups is 1. The van der Waals surface area contributed by atoms with E-state index in [1.54, 1.807) is 24.3 Å². The SMILES string of the molecule is O=C(Cc1cccs1)OCc1cccc(S(=O)(=O)N2CCOCC2)c1. The van der Waals surface area contributed by atoms with Gasteiger partial charge in [-0.05, 0) is 29.1 Å². The molecule has 0 spiro atoms. The van der Waals surface area contributed by atoms with Crippen LogP contribution in [0.2, 0.25) is 0 Å². The fourth-order valence-electron chi connectivity index (χ4n) is 2.50. The van der Waals surface area contributed by atoms with Crippen LogP contribution in [0.5, 0.6) is 0 Å². The summed E-state index contributed by atoms with van der Waals surface area (Å²) in [6.45, 7) is 1.56. The molecule has 1 fully saturated rings. The van der Waals surface area contributed by atoms with Crippen molar-refractivity contribution in [1.29, 1.82) is 0 Å². The van der Waals surface area contributed by atoms with Crippen molar-refractivity contribution in [3.63, 3.8) is 0 Å². The standard InChI is InChI=1S/C17H19NO5S2/c19-17(12-15-4-2-10-24-15)23-13-14-3-1-5-16(11-14)25(20,21)18-6-8-22-9-7-18/h1-5,10-11H,6-9,12-13H2. The fraction of sp³-hybridized carbons (Fsp3) is 0.353. The zero-order valence-corrected chi connectivity index (χ0v) is 15.2. The minimum atomic E-state index is -3.55. The van der Waals surface area contributed by atoms with Crippen LogP contribution in [-0.4, -0.2) is 45.0 Å². The Morgan fingerprint density at radius 3 is 2.72 bits per heavy atom. The average Bonchev–Trinajstić information content (AvgIpc) is 3.14. The van der Waals surface area contributed by atoms with Gasteiger partial charge in [0.1, 0.15) is 6.61 Å². The molecule has 0 unspecified atom stereocenters. The summed E-state index contributed by atoms with van der Waals surface area (Å²) in [6, 6.07) is 10.3. The van der Waals surface area contributed by atoms with Crippen molar-refractivity contribution in [2.75, 3.05) is 26.3 Å². The lowest BCUT2D eigenvalue weighted by Crippen LogP contribution is -2.40. The molecule has 1 saturated heterocycles. The number of morpholine rings is 1. The number of thiophene rings is 1. The highest BCUT2D eigenvalue weighted by molar-refractivity contribution is 7.89. The molecule has 0 saturated carbocycles. The number of sulfonamides is 1.